The Balaban J connectivity index is 1.37. The highest BCUT2D eigenvalue weighted by Crippen LogP contribution is 2.51. The number of aromatic nitrogens is 1. The van der Waals surface area contributed by atoms with Gasteiger partial charge in [0.15, 0.2) is 0 Å². The molecule has 4 rings (SSSR count). The maximum Gasteiger partial charge on any atom is 0.222 e. The lowest BCUT2D eigenvalue weighted by Gasteiger charge is -2.49. The Morgan fingerprint density at radius 3 is 2.38 bits per heavy atom. The predicted octanol–water partition coefficient (Wildman–Crippen LogP) is 4.26. The lowest BCUT2D eigenvalue weighted by atomic mass is 9.64. The van der Waals surface area contributed by atoms with E-state index in [1.165, 1.54) is 31.2 Å². The summed E-state index contributed by atoms with van der Waals surface area (Å²) >= 11 is 0. The number of nitrogens with zero attached hydrogens (tertiary/aromatic N) is 3. The molecule has 1 saturated carbocycles. The third kappa shape index (κ3) is 4.09. The van der Waals surface area contributed by atoms with Gasteiger partial charge >= 0.3 is 0 Å². The minimum absolute atomic E-state index is 0.128. The van der Waals surface area contributed by atoms with Crippen LogP contribution in [0.1, 0.15) is 49.8 Å². The number of amides is 1. The first-order chi connectivity index (χ1) is 14.0. The summed E-state index contributed by atoms with van der Waals surface area (Å²) in [5.74, 6) is 0.292. The molecule has 154 valence electrons. The van der Waals surface area contributed by atoms with Crippen molar-refractivity contribution >= 4 is 5.91 Å². The van der Waals surface area contributed by atoms with Crippen LogP contribution in [0.3, 0.4) is 0 Å². The zero-order valence-electron chi connectivity index (χ0n) is 17.8. The van der Waals surface area contributed by atoms with Crippen molar-refractivity contribution in [3.05, 3.63) is 66.0 Å². The Kier molecular flexibility index (Phi) is 5.73. The minimum Gasteiger partial charge on any atom is -0.342 e. The van der Waals surface area contributed by atoms with E-state index in [0.29, 0.717) is 17.7 Å². The number of carbonyl (C=O) groups is 1. The lowest BCUT2D eigenvalue weighted by molar-refractivity contribution is -0.130. The smallest absolute Gasteiger partial charge is 0.222 e. The Hall–Kier alpha value is -2.20. The van der Waals surface area contributed by atoms with E-state index in [2.05, 4.69) is 59.2 Å². The van der Waals surface area contributed by atoms with Crippen molar-refractivity contribution in [1.82, 2.24) is 14.8 Å². The number of rotatable bonds is 5. The number of hydrogen-bond donors (Lipinski definition) is 0. The van der Waals surface area contributed by atoms with Crippen LogP contribution in [0.15, 0.2) is 54.7 Å². The summed E-state index contributed by atoms with van der Waals surface area (Å²) in [5.41, 5.74) is 2.88. The van der Waals surface area contributed by atoms with E-state index in [-0.39, 0.29) is 5.54 Å². The summed E-state index contributed by atoms with van der Waals surface area (Å²) in [7, 11) is 4.43. The van der Waals surface area contributed by atoms with Crippen molar-refractivity contribution in [2.45, 2.75) is 50.5 Å². The van der Waals surface area contributed by atoms with E-state index in [1.54, 1.807) is 6.20 Å². The summed E-state index contributed by atoms with van der Waals surface area (Å²) in [4.78, 5) is 21.7. The number of aryl methyl sites for hydroxylation is 1. The Labute approximate surface area is 174 Å². The number of pyridine rings is 1. The number of likely N-dealkylation sites (tertiary alicyclic amines) is 1. The van der Waals surface area contributed by atoms with Crippen molar-refractivity contribution in [2.24, 2.45) is 5.41 Å². The van der Waals surface area contributed by atoms with E-state index in [0.717, 1.165) is 31.6 Å². The maximum absolute atomic E-state index is 12.8. The van der Waals surface area contributed by atoms with Crippen LogP contribution in [-0.4, -0.2) is 47.9 Å². The van der Waals surface area contributed by atoms with E-state index >= 15 is 0 Å². The molecule has 2 aromatic rings. The van der Waals surface area contributed by atoms with Crippen LogP contribution in [0.25, 0.3) is 0 Å². The summed E-state index contributed by atoms with van der Waals surface area (Å²) in [6.45, 7) is 1.85. The molecule has 0 atom stereocenters. The van der Waals surface area contributed by atoms with Gasteiger partial charge in [-0.3, -0.25) is 14.7 Å². The molecule has 0 unspecified atom stereocenters. The van der Waals surface area contributed by atoms with Crippen LogP contribution in [0.5, 0.6) is 0 Å². The van der Waals surface area contributed by atoms with Gasteiger partial charge in [-0.25, -0.2) is 0 Å². The van der Waals surface area contributed by atoms with Gasteiger partial charge in [0.25, 0.3) is 0 Å². The molecule has 2 heterocycles. The molecule has 1 spiro atoms. The minimum atomic E-state index is 0.128. The zero-order valence-corrected chi connectivity index (χ0v) is 17.8. The molecule has 1 aliphatic heterocycles. The van der Waals surface area contributed by atoms with E-state index in [4.69, 9.17) is 0 Å². The fraction of sp³-hybridized carbons (Fsp3) is 0.520. The molecule has 1 amide bonds. The van der Waals surface area contributed by atoms with Gasteiger partial charge in [0, 0.05) is 36.9 Å². The standard InChI is InChI=1S/C25H33N3O/c1-27(2)25(21-8-4-3-5-9-21)15-13-24(14-16-25)17-19-28(20-24)23(29)12-11-22-10-6-7-18-26-22/h3-10,18H,11-17,19-20H2,1-2H3. The van der Waals surface area contributed by atoms with Crippen molar-refractivity contribution in [3.63, 3.8) is 0 Å². The van der Waals surface area contributed by atoms with Gasteiger partial charge < -0.3 is 4.90 Å². The second kappa shape index (κ2) is 8.27. The molecule has 1 aromatic heterocycles. The monoisotopic (exact) mass is 391 g/mol. The van der Waals surface area contributed by atoms with Crippen LogP contribution in [0.2, 0.25) is 0 Å². The molecule has 1 saturated heterocycles. The normalized spacial score (nSPS) is 26.9. The average molecular weight is 392 g/mol. The maximum atomic E-state index is 12.8. The fourth-order valence-electron chi connectivity index (χ4n) is 5.43. The summed E-state index contributed by atoms with van der Waals surface area (Å²) in [5, 5.41) is 0. The average Bonchev–Trinajstić information content (AvgIpc) is 3.18. The Morgan fingerprint density at radius 1 is 1.00 bits per heavy atom. The van der Waals surface area contributed by atoms with Crippen LogP contribution < -0.4 is 0 Å². The highest BCUT2D eigenvalue weighted by Gasteiger charge is 2.48. The summed E-state index contributed by atoms with van der Waals surface area (Å²) in [6, 6.07) is 16.9. The highest BCUT2D eigenvalue weighted by molar-refractivity contribution is 5.76. The van der Waals surface area contributed by atoms with E-state index in [9.17, 15) is 4.79 Å². The van der Waals surface area contributed by atoms with Gasteiger partial charge in [0.1, 0.15) is 0 Å². The van der Waals surface area contributed by atoms with E-state index < -0.39 is 0 Å². The molecule has 4 nitrogen and oxygen atoms in total. The molecule has 4 heteroatoms. The summed E-state index contributed by atoms with van der Waals surface area (Å²) < 4.78 is 0. The molecule has 29 heavy (non-hydrogen) atoms. The number of carbonyl (C=O) groups excluding carboxylic acids is 1. The highest BCUT2D eigenvalue weighted by atomic mass is 16.2. The SMILES string of the molecule is CN(C)C1(c2ccccc2)CCC2(CCN(C(=O)CCc3ccccn3)C2)CC1. The van der Waals surface area contributed by atoms with Crippen LogP contribution in [0.4, 0.5) is 0 Å². The molecule has 1 aliphatic carbocycles. The van der Waals surface area contributed by atoms with Crippen molar-refractivity contribution in [3.8, 4) is 0 Å². The molecule has 2 aliphatic rings. The third-order valence-corrected chi connectivity index (χ3v) is 7.42. The lowest BCUT2D eigenvalue weighted by Crippen LogP contribution is -2.47. The molecule has 2 fully saturated rings. The molecule has 0 N–H and O–H groups in total. The van der Waals surface area contributed by atoms with Gasteiger partial charge in [-0.15, -0.1) is 0 Å². The Bertz CT molecular complexity index is 810. The van der Waals surface area contributed by atoms with Crippen molar-refractivity contribution < 1.29 is 4.79 Å². The van der Waals surface area contributed by atoms with Gasteiger partial charge in [-0.1, -0.05) is 36.4 Å². The van der Waals surface area contributed by atoms with Gasteiger partial charge in [-0.05, 0) is 75.7 Å². The van der Waals surface area contributed by atoms with Crippen LogP contribution >= 0.6 is 0 Å². The molecular weight excluding hydrogens is 358 g/mol. The quantitative estimate of drug-likeness (QED) is 0.764. The van der Waals surface area contributed by atoms with Crippen LogP contribution in [0, 0.1) is 5.41 Å². The number of benzene rings is 1. The van der Waals surface area contributed by atoms with Gasteiger partial charge in [-0.2, -0.15) is 0 Å². The van der Waals surface area contributed by atoms with Gasteiger partial charge in [0.2, 0.25) is 5.91 Å². The first-order valence-electron chi connectivity index (χ1n) is 10.9. The third-order valence-electron chi connectivity index (χ3n) is 7.42. The predicted molar refractivity (Wildman–Crippen MR) is 116 cm³/mol. The second-order valence-electron chi connectivity index (χ2n) is 9.18. The van der Waals surface area contributed by atoms with Crippen molar-refractivity contribution in [2.75, 3.05) is 27.2 Å². The second-order valence-corrected chi connectivity index (χ2v) is 9.18. The molecule has 1 aromatic carbocycles. The van der Waals surface area contributed by atoms with E-state index in [1.807, 2.05) is 18.2 Å². The number of hydrogen-bond acceptors (Lipinski definition) is 3. The molecule has 0 radical (unpaired) electrons. The molecule has 0 bridgehead atoms. The van der Waals surface area contributed by atoms with Gasteiger partial charge in [0.05, 0.1) is 0 Å². The topological polar surface area (TPSA) is 36.4 Å². The first-order valence-corrected chi connectivity index (χ1v) is 10.9. The largest absolute Gasteiger partial charge is 0.342 e. The fourth-order valence-corrected chi connectivity index (χ4v) is 5.43. The zero-order chi connectivity index (χ0) is 20.3. The molecular formula is C25H33N3O. The Morgan fingerprint density at radius 2 is 1.72 bits per heavy atom. The summed E-state index contributed by atoms with van der Waals surface area (Å²) in [6.07, 6.45) is 8.99. The van der Waals surface area contributed by atoms with Crippen molar-refractivity contribution in [1.29, 1.82) is 0 Å². The first kappa shape index (κ1) is 20.1. The van der Waals surface area contributed by atoms with Crippen LogP contribution in [-0.2, 0) is 16.8 Å².